The van der Waals surface area contributed by atoms with Crippen LogP contribution in [0.4, 0.5) is 0 Å². The predicted molar refractivity (Wildman–Crippen MR) is 144 cm³/mol. The number of nitrogens with zero attached hydrogens (tertiary/aromatic N) is 3. The number of benzene rings is 1. The molecule has 8 heteroatoms. The minimum Gasteiger partial charge on any atom is -0.458 e. The normalized spacial score (nSPS) is 17.9. The van der Waals surface area contributed by atoms with E-state index in [0.717, 1.165) is 42.5 Å². The van der Waals surface area contributed by atoms with E-state index in [1.54, 1.807) is 29.2 Å². The molecule has 0 amide bonds. The number of halogens is 1. The lowest BCUT2D eigenvalue weighted by Crippen LogP contribution is -2.30. The molecule has 196 valence electrons. The van der Waals surface area contributed by atoms with Crippen LogP contribution in [-0.2, 0) is 20.8 Å². The maximum absolute atomic E-state index is 13.1. The van der Waals surface area contributed by atoms with Crippen LogP contribution in [0.25, 0.3) is 22.4 Å². The van der Waals surface area contributed by atoms with Crippen LogP contribution in [0.2, 0.25) is 5.02 Å². The lowest BCUT2D eigenvalue weighted by Gasteiger charge is -2.28. The lowest BCUT2D eigenvalue weighted by molar-refractivity contribution is -0.160. The van der Waals surface area contributed by atoms with E-state index < -0.39 is 5.60 Å². The summed E-state index contributed by atoms with van der Waals surface area (Å²) in [5, 5.41) is 5.32. The van der Waals surface area contributed by atoms with Gasteiger partial charge in [-0.1, -0.05) is 41.9 Å². The van der Waals surface area contributed by atoms with Gasteiger partial charge in [-0.2, -0.15) is 5.10 Å². The van der Waals surface area contributed by atoms with Crippen LogP contribution in [-0.4, -0.2) is 39.5 Å². The standard InChI is InChI=1S/C29H34ClN3O4/c1-29(2,3)37-27(35)19-36-18-21-11-9-20(10-12-21)17-33-26(34)14-25(23-13-24(30)16-31-15-23)28(32-33)22-7-5-4-6-8-22/h4-8,13-16,20-21H,9-12,17-19H2,1-3H3/t20-,21-. The topological polar surface area (TPSA) is 83.3 Å². The Labute approximate surface area is 222 Å². The Morgan fingerprint density at radius 2 is 1.73 bits per heavy atom. The second-order valence-corrected chi connectivity index (χ2v) is 11.1. The molecule has 2 heterocycles. The predicted octanol–water partition coefficient (Wildman–Crippen LogP) is 5.79. The largest absolute Gasteiger partial charge is 0.458 e. The van der Waals surface area contributed by atoms with Gasteiger partial charge in [0.25, 0.3) is 5.56 Å². The average Bonchev–Trinajstić information content (AvgIpc) is 2.85. The van der Waals surface area contributed by atoms with Crippen molar-refractivity contribution in [3.05, 3.63) is 70.2 Å². The summed E-state index contributed by atoms with van der Waals surface area (Å²) in [6, 6.07) is 13.3. The van der Waals surface area contributed by atoms with Crippen LogP contribution in [0.1, 0.15) is 46.5 Å². The van der Waals surface area contributed by atoms with E-state index in [1.165, 1.54) is 0 Å². The number of hydrogen-bond donors (Lipinski definition) is 0. The van der Waals surface area contributed by atoms with Gasteiger partial charge in [0.15, 0.2) is 0 Å². The third-order valence-electron chi connectivity index (χ3n) is 6.45. The molecule has 0 aliphatic heterocycles. The van der Waals surface area contributed by atoms with Crippen LogP contribution in [0.15, 0.2) is 59.7 Å². The van der Waals surface area contributed by atoms with E-state index in [-0.39, 0.29) is 18.1 Å². The van der Waals surface area contributed by atoms with Crippen LogP contribution >= 0.6 is 11.6 Å². The maximum Gasteiger partial charge on any atom is 0.332 e. The molecule has 1 fully saturated rings. The molecular weight excluding hydrogens is 490 g/mol. The van der Waals surface area contributed by atoms with Gasteiger partial charge < -0.3 is 9.47 Å². The molecule has 0 saturated heterocycles. The Bertz CT molecular complexity index is 1260. The number of aromatic nitrogens is 3. The number of esters is 1. The van der Waals surface area contributed by atoms with Crippen LogP contribution in [0.5, 0.6) is 0 Å². The Hall–Kier alpha value is -3.03. The highest BCUT2D eigenvalue weighted by Crippen LogP contribution is 2.32. The van der Waals surface area contributed by atoms with Gasteiger partial charge in [-0.05, 0) is 64.4 Å². The van der Waals surface area contributed by atoms with Crippen molar-refractivity contribution in [1.29, 1.82) is 0 Å². The van der Waals surface area contributed by atoms with Gasteiger partial charge in [0.1, 0.15) is 12.2 Å². The molecule has 3 aromatic rings. The Morgan fingerprint density at radius 1 is 1.03 bits per heavy atom. The van der Waals surface area contributed by atoms with E-state index in [9.17, 15) is 9.59 Å². The minimum absolute atomic E-state index is 0.0206. The number of pyridine rings is 1. The van der Waals surface area contributed by atoms with Crippen LogP contribution < -0.4 is 5.56 Å². The Morgan fingerprint density at radius 3 is 2.41 bits per heavy atom. The molecule has 1 aliphatic carbocycles. The molecule has 0 bridgehead atoms. The Kier molecular flexibility index (Phi) is 8.77. The SMILES string of the molecule is CC(C)(C)OC(=O)COC[C@H]1CC[C@H](Cn2nc(-c3ccccc3)c(-c3cncc(Cl)c3)cc2=O)CC1. The van der Waals surface area contributed by atoms with Crippen molar-refractivity contribution in [2.45, 2.75) is 58.6 Å². The van der Waals surface area contributed by atoms with Gasteiger partial charge in [-0.3, -0.25) is 9.78 Å². The highest BCUT2D eigenvalue weighted by Gasteiger charge is 2.24. The van der Waals surface area contributed by atoms with E-state index in [2.05, 4.69) is 4.98 Å². The third kappa shape index (κ3) is 7.73. The summed E-state index contributed by atoms with van der Waals surface area (Å²) in [6.45, 7) is 6.63. The summed E-state index contributed by atoms with van der Waals surface area (Å²) in [6.07, 6.45) is 7.22. The molecule has 7 nitrogen and oxygen atoms in total. The molecule has 2 aromatic heterocycles. The first-order valence-corrected chi connectivity index (χ1v) is 13.1. The quantitative estimate of drug-likeness (QED) is 0.347. The first-order chi connectivity index (χ1) is 17.7. The van der Waals surface area contributed by atoms with Crippen molar-refractivity contribution in [3.63, 3.8) is 0 Å². The average molecular weight is 524 g/mol. The molecule has 4 rings (SSSR count). The van der Waals surface area contributed by atoms with Crippen LogP contribution in [0.3, 0.4) is 0 Å². The maximum atomic E-state index is 13.1. The van der Waals surface area contributed by atoms with Crippen molar-refractivity contribution in [1.82, 2.24) is 14.8 Å². The van der Waals surface area contributed by atoms with E-state index >= 15 is 0 Å². The highest BCUT2D eigenvalue weighted by atomic mass is 35.5. The molecule has 1 aromatic carbocycles. The highest BCUT2D eigenvalue weighted by molar-refractivity contribution is 6.30. The monoisotopic (exact) mass is 523 g/mol. The van der Waals surface area contributed by atoms with E-state index in [4.69, 9.17) is 26.2 Å². The first kappa shape index (κ1) is 27.0. The number of carbonyl (C=O) groups excluding carboxylic acids is 1. The van der Waals surface area contributed by atoms with Gasteiger partial charge in [0, 0.05) is 41.7 Å². The number of hydrogen-bond acceptors (Lipinski definition) is 6. The number of ether oxygens (including phenoxy) is 2. The molecule has 0 spiro atoms. The molecule has 0 radical (unpaired) electrons. The van der Waals surface area contributed by atoms with Gasteiger partial charge in [0.2, 0.25) is 0 Å². The molecule has 1 aliphatic rings. The second-order valence-electron chi connectivity index (χ2n) is 10.7. The van der Waals surface area contributed by atoms with Crippen molar-refractivity contribution in [3.8, 4) is 22.4 Å². The van der Waals surface area contributed by atoms with E-state index in [0.29, 0.717) is 35.6 Å². The zero-order valence-corrected chi connectivity index (χ0v) is 22.4. The molecule has 0 N–H and O–H groups in total. The van der Waals surface area contributed by atoms with Crippen molar-refractivity contribution in [2.24, 2.45) is 11.8 Å². The van der Waals surface area contributed by atoms with Gasteiger partial charge in [-0.15, -0.1) is 0 Å². The third-order valence-corrected chi connectivity index (χ3v) is 6.66. The zero-order chi connectivity index (χ0) is 26.4. The summed E-state index contributed by atoms with van der Waals surface area (Å²) in [5.41, 5.74) is 2.49. The summed E-state index contributed by atoms with van der Waals surface area (Å²) in [5.74, 6) is 0.424. The zero-order valence-electron chi connectivity index (χ0n) is 21.7. The first-order valence-electron chi connectivity index (χ1n) is 12.8. The molecular formula is C29H34ClN3O4. The summed E-state index contributed by atoms with van der Waals surface area (Å²) in [7, 11) is 0. The van der Waals surface area contributed by atoms with Crippen molar-refractivity contribution >= 4 is 17.6 Å². The summed E-state index contributed by atoms with van der Waals surface area (Å²) in [4.78, 5) is 29.1. The molecule has 37 heavy (non-hydrogen) atoms. The fourth-order valence-electron chi connectivity index (χ4n) is 4.71. The van der Waals surface area contributed by atoms with Crippen LogP contribution in [0, 0.1) is 11.8 Å². The molecule has 0 atom stereocenters. The van der Waals surface area contributed by atoms with Crippen molar-refractivity contribution < 1.29 is 14.3 Å². The Balaban J connectivity index is 1.41. The fourth-order valence-corrected chi connectivity index (χ4v) is 4.89. The number of carbonyl (C=O) groups is 1. The van der Waals surface area contributed by atoms with Gasteiger partial charge >= 0.3 is 5.97 Å². The summed E-state index contributed by atoms with van der Waals surface area (Å²) < 4.78 is 12.5. The van der Waals surface area contributed by atoms with E-state index in [1.807, 2.05) is 51.1 Å². The second kappa shape index (κ2) is 12.0. The molecule has 0 unspecified atom stereocenters. The summed E-state index contributed by atoms with van der Waals surface area (Å²) >= 11 is 6.18. The minimum atomic E-state index is -0.506. The fraction of sp³-hybridized carbons (Fsp3) is 0.448. The lowest BCUT2D eigenvalue weighted by atomic mass is 9.82. The van der Waals surface area contributed by atoms with Gasteiger partial charge in [0.05, 0.1) is 17.3 Å². The smallest absolute Gasteiger partial charge is 0.332 e. The molecule has 1 saturated carbocycles. The van der Waals surface area contributed by atoms with Gasteiger partial charge in [-0.25, -0.2) is 9.48 Å². The number of rotatable bonds is 8. The van der Waals surface area contributed by atoms with Crippen molar-refractivity contribution in [2.75, 3.05) is 13.2 Å².